The highest BCUT2D eigenvalue weighted by atomic mass is 19.1. The lowest BCUT2D eigenvalue weighted by Gasteiger charge is -2.29. The number of hydrogen-bond donors (Lipinski definition) is 1. The summed E-state index contributed by atoms with van der Waals surface area (Å²) in [6, 6.07) is 10.7. The number of aromatic nitrogens is 1. The molecule has 3 aromatic rings. The summed E-state index contributed by atoms with van der Waals surface area (Å²) in [5, 5.41) is 0.847. The molecular weight excluding hydrogens is 434 g/mol. The van der Waals surface area contributed by atoms with Crippen molar-refractivity contribution in [2.24, 2.45) is 0 Å². The van der Waals surface area contributed by atoms with Gasteiger partial charge in [0.1, 0.15) is 5.82 Å². The predicted molar refractivity (Wildman–Crippen MR) is 127 cm³/mol. The van der Waals surface area contributed by atoms with Gasteiger partial charge in [-0.2, -0.15) is 0 Å². The molecule has 1 aromatic heterocycles. The number of amides is 2. The first-order chi connectivity index (χ1) is 16.0. The van der Waals surface area contributed by atoms with E-state index in [1.54, 1.807) is 12.1 Å². The van der Waals surface area contributed by atoms with Gasteiger partial charge in [0.15, 0.2) is 11.6 Å². The zero-order valence-corrected chi connectivity index (χ0v) is 18.9. The fourth-order valence-corrected chi connectivity index (χ4v) is 4.05. The van der Waals surface area contributed by atoms with Crippen molar-refractivity contribution in [1.82, 2.24) is 10.3 Å². The van der Waals surface area contributed by atoms with Crippen LogP contribution in [0.1, 0.15) is 49.9 Å². The van der Waals surface area contributed by atoms with Crippen molar-refractivity contribution in [2.45, 2.75) is 32.0 Å². The fourth-order valence-electron chi connectivity index (χ4n) is 4.05. The molecule has 1 aliphatic rings. The van der Waals surface area contributed by atoms with E-state index in [0.29, 0.717) is 30.5 Å². The summed E-state index contributed by atoms with van der Waals surface area (Å²) < 4.78 is 28.9. The Morgan fingerprint density at radius 3 is 2.62 bits per heavy atom. The average Bonchev–Trinajstić information content (AvgIpc) is 2.74. The molecule has 0 fully saturated rings. The Morgan fingerprint density at radius 1 is 1.18 bits per heavy atom. The molecule has 4 rings (SSSR count). The van der Waals surface area contributed by atoms with Gasteiger partial charge in [-0.3, -0.25) is 14.5 Å². The normalized spacial score (nSPS) is 13.5. The number of hydrogen-bond acceptors (Lipinski definition) is 3. The number of carbonyl (C=O) groups excluding carboxylic acids is 2. The molecule has 0 saturated carbocycles. The maximum atomic E-state index is 14.6. The third-order valence-electron chi connectivity index (χ3n) is 5.69. The van der Waals surface area contributed by atoms with Crippen molar-refractivity contribution >= 4 is 33.3 Å². The minimum atomic E-state index is -1.47. The van der Waals surface area contributed by atoms with E-state index in [4.69, 9.17) is 15.7 Å². The molecule has 0 aliphatic carbocycles. The van der Waals surface area contributed by atoms with Crippen LogP contribution in [0.5, 0.6) is 0 Å². The monoisotopic (exact) mass is 455 g/mol. The van der Waals surface area contributed by atoms with Crippen LogP contribution in [0.25, 0.3) is 0 Å². The molecule has 1 aliphatic heterocycles. The number of halogens is 2. The van der Waals surface area contributed by atoms with E-state index in [0.717, 1.165) is 16.7 Å². The Balaban J connectivity index is 1.60. The van der Waals surface area contributed by atoms with Gasteiger partial charge in [-0.15, -0.1) is 0 Å². The van der Waals surface area contributed by atoms with Gasteiger partial charge in [0.25, 0.3) is 11.8 Å². The number of nitrogens with one attached hydrogen (secondary N) is 1. The summed E-state index contributed by atoms with van der Waals surface area (Å²) in [7, 11) is 11.1. The number of nitrogens with zero attached hydrogens (tertiary/aromatic N) is 2. The quantitative estimate of drug-likeness (QED) is 0.602. The molecule has 34 heavy (non-hydrogen) atoms. The smallest absolute Gasteiger partial charge is 0.259 e. The fraction of sp³-hybridized carbons (Fsp3) is 0.240. The van der Waals surface area contributed by atoms with Gasteiger partial charge in [-0.25, -0.2) is 13.8 Å². The standard InChI is InChI=1S/C25H21B2F2N3O2/c1-14-10-16-7-9-32(22-20(28)4-3-8-30-22)24(34)19(16)13-17(14)11-15-5-6-18(21(29)12-15)23(33)31-25(2,26)27/h3-6,8,10,12-13H,7,9,11H2,1-2H3,(H,31,33). The van der Waals surface area contributed by atoms with E-state index in [-0.39, 0.29) is 17.3 Å². The Kier molecular flexibility index (Phi) is 6.30. The van der Waals surface area contributed by atoms with Crippen LogP contribution in [0.4, 0.5) is 14.6 Å². The highest BCUT2D eigenvalue weighted by Gasteiger charge is 2.29. The van der Waals surface area contributed by atoms with E-state index in [9.17, 15) is 18.4 Å². The van der Waals surface area contributed by atoms with E-state index >= 15 is 0 Å². The van der Waals surface area contributed by atoms with Crippen LogP contribution in [-0.2, 0) is 12.8 Å². The van der Waals surface area contributed by atoms with E-state index in [2.05, 4.69) is 10.3 Å². The number of aryl methyl sites for hydroxylation is 1. The summed E-state index contributed by atoms with van der Waals surface area (Å²) in [4.78, 5) is 30.7. The molecule has 2 heterocycles. The number of fused-ring (bicyclic) bond motifs is 1. The maximum Gasteiger partial charge on any atom is 0.259 e. The molecule has 0 spiro atoms. The summed E-state index contributed by atoms with van der Waals surface area (Å²) >= 11 is 0. The Bertz CT molecular complexity index is 1290. The zero-order chi connectivity index (χ0) is 24.6. The van der Waals surface area contributed by atoms with Crippen LogP contribution >= 0.6 is 0 Å². The van der Waals surface area contributed by atoms with Gasteiger partial charge in [0.2, 0.25) is 0 Å². The second kappa shape index (κ2) is 9.05. The molecule has 1 N–H and O–H groups in total. The number of anilines is 1. The van der Waals surface area contributed by atoms with E-state index in [1.807, 2.05) is 13.0 Å². The maximum absolute atomic E-state index is 14.6. The van der Waals surface area contributed by atoms with Crippen molar-refractivity contribution in [2.75, 3.05) is 11.4 Å². The predicted octanol–water partition coefficient (Wildman–Crippen LogP) is 3.20. The minimum Gasteiger partial charge on any atom is -0.364 e. The molecule has 2 amide bonds. The summed E-state index contributed by atoms with van der Waals surface area (Å²) in [5.74, 6) is -2.31. The number of rotatable bonds is 5. The van der Waals surface area contributed by atoms with Crippen molar-refractivity contribution in [3.8, 4) is 0 Å². The molecule has 168 valence electrons. The number of benzene rings is 2. The molecule has 5 nitrogen and oxygen atoms in total. The second-order valence-electron chi connectivity index (χ2n) is 8.68. The molecule has 0 bridgehead atoms. The highest BCUT2D eigenvalue weighted by molar-refractivity contribution is 6.40. The lowest BCUT2D eigenvalue weighted by Crippen LogP contribution is -2.47. The lowest BCUT2D eigenvalue weighted by molar-refractivity contribution is 0.0939. The van der Waals surface area contributed by atoms with Crippen LogP contribution in [0.3, 0.4) is 0 Å². The van der Waals surface area contributed by atoms with E-state index < -0.39 is 22.9 Å². The Labute approximate surface area is 199 Å². The van der Waals surface area contributed by atoms with Crippen LogP contribution in [0.15, 0.2) is 48.7 Å². The first-order valence-electron chi connectivity index (χ1n) is 10.8. The molecule has 0 saturated heterocycles. The lowest BCUT2D eigenvalue weighted by atomic mass is 9.63. The molecule has 0 atom stereocenters. The molecule has 0 unspecified atom stereocenters. The van der Waals surface area contributed by atoms with Crippen LogP contribution in [0, 0.1) is 18.6 Å². The molecular formula is C25H21B2F2N3O2. The van der Waals surface area contributed by atoms with Gasteiger partial charge in [-0.05, 0) is 77.7 Å². The average molecular weight is 455 g/mol. The van der Waals surface area contributed by atoms with Gasteiger partial charge in [0.05, 0.1) is 21.3 Å². The molecule has 2 aromatic carbocycles. The van der Waals surface area contributed by atoms with Crippen LogP contribution in [0.2, 0.25) is 0 Å². The van der Waals surface area contributed by atoms with Gasteiger partial charge in [-0.1, -0.05) is 19.1 Å². The van der Waals surface area contributed by atoms with Crippen LogP contribution < -0.4 is 10.2 Å². The van der Waals surface area contributed by atoms with Gasteiger partial charge < -0.3 is 5.32 Å². The van der Waals surface area contributed by atoms with Crippen LogP contribution in [-0.4, -0.2) is 44.4 Å². The second-order valence-corrected chi connectivity index (χ2v) is 8.68. The molecule has 9 heteroatoms. The minimum absolute atomic E-state index is 0.00210. The third-order valence-corrected chi connectivity index (χ3v) is 5.69. The summed E-state index contributed by atoms with van der Waals surface area (Å²) in [6.45, 7) is 3.64. The SMILES string of the molecule is [B]C([B])(C)NC(=O)c1ccc(Cc2cc3c(cc2C)CCN(c2ncccc2F)C3=O)cc1F. The number of carbonyl (C=O) groups is 2. The number of pyridine rings is 1. The van der Waals surface area contributed by atoms with Crippen molar-refractivity contribution in [3.63, 3.8) is 0 Å². The summed E-state index contributed by atoms with van der Waals surface area (Å²) in [6.07, 6.45) is 2.36. The zero-order valence-electron chi connectivity index (χ0n) is 18.9. The Hall–Kier alpha value is -3.48. The summed E-state index contributed by atoms with van der Waals surface area (Å²) in [5.41, 5.74) is 3.58. The largest absolute Gasteiger partial charge is 0.364 e. The topological polar surface area (TPSA) is 62.3 Å². The van der Waals surface area contributed by atoms with Gasteiger partial charge in [0, 0.05) is 18.3 Å². The highest BCUT2D eigenvalue weighted by Crippen LogP contribution is 2.28. The van der Waals surface area contributed by atoms with Gasteiger partial charge >= 0.3 is 0 Å². The van der Waals surface area contributed by atoms with Crippen molar-refractivity contribution in [1.29, 1.82) is 0 Å². The first kappa shape index (κ1) is 23.7. The molecule has 4 radical (unpaired) electrons. The Morgan fingerprint density at radius 2 is 1.94 bits per heavy atom. The van der Waals surface area contributed by atoms with E-state index in [1.165, 1.54) is 42.3 Å². The van der Waals surface area contributed by atoms with Crippen molar-refractivity contribution < 1.29 is 18.4 Å². The first-order valence-corrected chi connectivity index (χ1v) is 10.8. The van der Waals surface area contributed by atoms with Crippen molar-refractivity contribution in [3.05, 3.63) is 93.7 Å². The third kappa shape index (κ3) is 4.88.